The lowest BCUT2D eigenvalue weighted by Gasteiger charge is -2.16. The van der Waals surface area contributed by atoms with Gasteiger partial charge in [-0.15, -0.1) is 0 Å². The maximum Gasteiger partial charge on any atom is 0.416 e. The van der Waals surface area contributed by atoms with Gasteiger partial charge in [0.25, 0.3) is 0 Å². The molecule has 0 atom stereocenters. The van der Waals surface area contributed by atoms with Gasteiger partial charge in [0, 0.05) is 18.8 Å². The maximum atomic E-state index is 13.2. The van der Waals surface area contributed by atoms with E-state index in [0.29, 0.717) is 5.69 Å². The van der Waals surface area contributed by atoms with E-state index in [0.717, 1.165) is 11.8 Å². The summed E-state index contributed by atoms with van der Waals surface area (Å²) >= 11 is 0. The fourth-order valence-corrected chi connectivity index (χ4v) is 2.00. The van der Waals surface area contributed by atoms with Gasteiger partial charge in [0.2, 0.25) is 0 Å². The number of nitrogens with zero attached hydrogens (tertiary/aromatic N) is 2. The molecule has 1 N–H and O–H groups in total. The van der Waals surface area contributed by atoms with Crippen molar-refractivity contribution in [2.24, 2.45) is 0 Å². The molecule has 1 aromatic carbocycles. The minimum absolute atomic E-state index is 0.125. The summed E-state index contributed by atoms with van der Waals surface area (Å²) in [7, 11) is 0. The standard InChI is InChI=1S/C15H18F3N3/c1-10(2)19-9-12-4-5-13(8-14(12)15(16,17)18)21-7-6-11(3)20-21/h4-8,10,19H,9H2,1-3H3. The van der Waals surface area contributed by atoms with E-state index < -0.39 is 11.7 Å². The lowest BCUT2D eigenvalue weighted by Crippen LogP contribution is -2.24. The second kappa shape index (κ2) is 5.89. The van der Waals surface area contributed by atoms with Gasteiger partial charge in [0.05, 0.1) is 16.9 Å². The zero-order chi connectivity index (χ0) is 15.6. The van der Waals surface area contributed by atoms with Crippen molar-refractivity contribution in [2.75, 3.05) is 0 Å². The Morgan fingerprint density at radius 3 is 2.48 bits per heavy atom. The lowest BCUT2D eigenvalue weighted by atomic mass is 10.1. The summed E-state index contributed by atoms with van der Waals surface area (Å²) in [6.45, 7) is 5.77. The Bertz CT molecular complexity index is 615. The van der Waals surface area contributed by atoms with Crippen molar-refractivity contribution < 1.29 is 13.2 Å². The van der Waals surface area contributed by atoms with Gasteiger partial charge in [-0.1, -0.05) is 19.9 Å². The second-order valence-corrected chi connectivity index (χ2v) is 5.28. The van der Waals surface area contributed by atoms with Crippen LogP contribution in [-0.2, 0) is 12.7 Å². The lowest BCUT2D eigenvalue weighted by molar-refractivity contribution is -0.138. The van der Waals surface area contributed by atoms with Gasteiger partial charge in [-0.25, -0.2) is 4.68 Å². The van der Waals surface area contributed by atoms with Crippen LogP contribution in [-0.4, -0.2) is 15.8 Å². The Morgan fingerprint density at radius 1 is 1.24 bits per heavy atom. The maximum absolute atomic E-state index is 13.2. The van der Waals surface area contributed by atoms with Gasteiger partial charge in [-0.05, 0) is 30.7 Å². The van der Waals surface area contributed by atoms with E-state index >= 15 is 0 Å². The number of halogens is 3. The minimum atomic E-state index is -4.38. The molecule has 0 aliphatic carbocycles. The number of aryl methyl sites for hydroxylation is 1. The van der Waals surface area contributed by atoms with Gasteiger partial charge in [0.15, 0.2) is 0 Å². The van der Waals surface area contributed by atoms with Crippen LogP contribution >= 0.6 is 0 Å². The molecular formula is C15H18F3N3. The predicted octanol–water partition coefficient (Wildman–Crippen LogP) is 3.70. The Kier molecular flexibility index (Phi) is 4.37. The SMILES string of the molecule is Cc1ccn(-c2ccc(CNC(C)C)c(C(F)(F)F)c2)n1. The first kappa shape index (κ1) is 15.6. The second-order valence-electron chi connectivity index (χ2n) is 5.28. The molecule has 0 aliphatic rings. The first-order chi connectivity index (χ1) is 9.77. The summed E-state index contributed by atoms with van der Waals surface area (Å²) in [6.07, 6.45) is -2.73. The molecule has 0 saturated carbocycles. The van der Waals surface area contributed by atoms with E-state index in [4.69, 9.17) is 0 Å². The molecule has 21 heavy (non-hydrogen) atoms. The molecule has 0 fully saturated rings. The molecule has 2 aromatic rings. The van der Waals surface area contributed by atoms with Crippen LogP contribution in [0.5, 0.6) is 0 Å². The fourth-order valence-electron chi connectivity index (χ4n) is 2.00. The monoisotopic (exact) mass is 297 g/mol. The van der Waals surface area contributed by atoms with E-state index in [2.05, 4.69) is 10.4 Å². The Balaban J connectivity index is 2.40. The summed E-state index contributed by atoms with van der Waals surface area (Å²) in [4.78, 5) is 0. The van der Waals surface area contributed by atoms with Crippen molar-refractivity contribution in [3.05, 3.63) is 47.3 Å². The number of nitrogens with one attached hydrogen (secondary N) is 1. The van der Waals surface area contributed by atoms with E-state index in [1.165, 1.54) is 10.7 Å². The zero-order valence-corrected chi connectivity index (χ0v) is 12.2. The van der Waals surface area contributed by atoms with Crippen molar-refractivity contribution in [1.29, 1.82) is 0 Å². The number of alkyl halides is 3. The highest BCUT2D eigenvalue weighted by atomic mass is 19.4. The summed E-state index contributed by atoms with van der Waals surface area (Å²) in [5.74, 6) is 0. The van der Waals surface area contributed by atoms with Gasteiger partial charge in [0.1, 0.15) is 0 Å². The average Bonchev–Trinajstić information content (AvgIpc) is 2.81. The normalized spacial score (nSPS) is 12.1. The average molecular weight is 297 g/mol. The highest BCUT2D eigenvalue weighted by Gasteiger charge is 2.33. The van der Waals surface area contributed by atoms with Crippen LogP contribution in [0.2, 0.25) is 0 Å². The minimum Gasteiger partial charge on any atom is -0.310 e. The van der Waals surface area contributed by atoms with Gasteiger partial charge < -0.3 is 5.32 Å². The summed E-state index contributed by atoms with van der Waals surface area (Å²) in [6, 6.07) is 6.17. The molecule has 0 saturated heterocycles. The van der Waals surface area contributed by atoms with Crippen LogP contribution in [0.25, 0.3) is 5.69 Å². The molecule has 0 aliphatic heterocycles. The van der Waals surface area contributed by atoms with Crippen molar-refractivity contribution in [3.63, 3.8) is 0 Å². The number of aromatic nitrogens is 2. The Morgan fingerprint density at radius 2 is 1.95 bits per heavy atom. The smallest absolute Gasteiger partial charge is 0.310 e. The van der Waals surface area contributed by atoms with Crippen LogP contribution < -0.4 is 5.32 Å². The predicted molar refractivity (Wildman–Crippen MR) is 75.3 cm³/mol. The fraction of sp³-hybridized carbons (Fsp3) is 0.400. The number of hydrogen-bond donors (Lipinski definition) is 1. The summed E-state index contributed by atoms with van der Waals surface area (Å²) in [5, 5.41) is 7.16. The van der Waals surface area contributed by atoms with Gasteiger partial charge in [-0.2, -0.15) is 18.3 Å². The van der Waals surface area contributed by atoms with E-state index in [1.807, 2.05) is 13.8 Å². The molecule has 3 nitrogen and oxygen atoms in total. The third-order valence-electron chi connectivity index (χ3n) is 3.09. The van der Waals surface area contributed by atoms with E-state index in [-0.39, 0.29) is 18.2 Å². The first-order valence-electron chi connectivity index (χ1n) is 6.73. The largest absolute Gasteiger partial charge is 0.416 e. The van der Waals surface area contributed by atoms with Crippen LogP contribution in [0.3, 0.4) is 0 Å². The number of rotatable bonds is 4. The highest BCUT2D eigenvalue weighted by Crippen LogP contribution is 2.33. The molecule has 0 unspecified atom stereocenters. The Hall–Kier alpha value is -1.82. The molecule has 1 aromatic heterocycles. The molecule has 0 bridgehead atoms. The van der Waals surface area contributed by atoms with Crippen molar-refractivity contribution in [2.45, 2.75) is 39.5 Å². The topological polar surface area (TPSA) is 29.9 Å². The third-order valence-corrected chi connectivity index (χ3v) is 3.09. The van der Waals surface area contributed by atoms with Crippen LogP contribution in [0.15, 0.2) is 30.5 Å². The van der Waals surface area contributed by atoms with Crippen LogP contribution in [0.4, 0.5) is 13.2 Å². The molecule has 2 rings (SSSR count). The number of hydrogen-bond acceptors (Lipinski definition) is 2. The third kappa shape index (κ3) is 3.85. The quantitative estimate of drug-likeness (QED) is 0.932. The molecule has 114 valence electrons. The summed E-state index contributed by atoms with van der Waals surface area (Å²) < 4.78 is 41.1. The molecule has 0 spiro atoms. The van der Waals surface area contributed by atoms with Crippen molar-refractivity contribution >= 4 is 0 Å². The van der Waals surface area contributed by atoms with Crippen molar-refractivity contribution in [1.82, 2.24) is 15.1 Å². The van der Waals surface area contributed by atoms with E-state index in [9.17, 15) is 13.2 Å². The Labute approximate surface area is 121 Å². The van der Waals surface area contributed by atoms with Crippen LogP contribution in [0.1, 0.15) is 30.7 Å². The molecule has 0 amide bonds. The van der Waals surface area contributed by atoms with Gasteiger partial charge >= 0.3 is 6.18 Å². The highest BCUT2D eigenvalue weighted by molar-refractivity contribution is 5.42. The molecular weight excluding hydrogens is 279 g/mol. The van der Waals surface area contributed by atoms with Crippen LogP contribution in [0, 0.1) is 6.92 Å². The van der Waals surface area contributed by atoms with E-state index in [1.54, 1.807) is 25.3 Å². The van der Waals surface area contributed by atoms with Gasteiger partial charge in [-0.3, -0.25) is 0 Å². The molecule has 1 heterocycles. The number of benzene rings is 1. The molecule has 6 heteroatoms. The van der Waals surface area contributed by atoms with Crippen molar-refractivity contribution in [3.8, 4) is 5.69 Å². The summed E-state index contributed by atoms with van der Waals surface area (Å²) in [5.41, 5.74) is 0.781. The first-order valence-corrected chi connectivity index (χ1v) is 6.73. The zero-order valence-electron chi connectivity index (χ0n) is 12.2. The molecule has 0 radical (unpaired) electrons.